The van der Waals surface area contributed by atoms with Gasteiger partial charge < -0.3 is 16.0 Å². The Morgan fingerprint density at radius 1 is 1.15 bits per heavy atom. The first-order chi connectivity index (χ1) is 9.47. The van der Waals surface area contributed by atoms with E-state index in [-0.39, 0.29) is 35.7 Å². The second-order valence-corrected chi connectivity index (χ2v) is 6.53. The van der Waals surface area contributed by atoms with Gasteiger partial charge >= 0.3 is 0 Å². The summed E-state index contributed by atoms with van der Waals surface area (Å²) in [5, 5.41) is 3.06. The lowest BCUT2D eigenvalue weighted by molar-refractivity contribution is -0.136. The van der Waals surface area contributed by atoms with Crippen molar-refractivity contribution in [3.05, 3.63) is 0 Å². The summed E-state index contributed by atoms with van der Waals surface area (Å²) in [5.41, 5.74) is 5.88. The molecule has 3 N–H and O–H groups in total. The Morgan fingerprint density at radius 3 is 2.30 bits per heavy atom. The van der Waals surface area contributed by atoms with Crippen LogP contribution in [0, 0.1) is 11.8 Å². The van der Waals surface area contributed by atoms with Gasteiger partial charge in [0.05, 0.1) is 0 Å². The summed E-state index contributed by atoms with van der Waals surface area (Å²) in [6, 6.07) is 0.423. The molecule has 1 aliphatic heterocycles. The molecule has 1 saturated heterocycles. The first-order valence-electron chi connectivity index (χ1n) is 7.82. The van der Waals surface area contributed by atoms with Crippen molar-refractivity contribution in [1.29, 1.82) is 0 Å². The van der Waals surface area contributed by atoms with Crippen LogP contribution in [0.3, 0.4) is 0 Å². The molecule has 0 aromatic heterocycles. The van der Waals surface area contributed by atoms with Gasteiger partial charge in [0.2, 0.25) is 11.8 Å². The largest absolute Gasteiger partial charge is 0.353 e. The van der Waals surface area contributed by atoms with Crippen molar-refractivity contribution in [2.45, 2.75) is 58.0 Å². The van der Waals surface area contributed by atoms with Crippen LogP contribution in [0.25, 0.3) is 0 Å². The molecule has 5 nitrogen and oxygen atoms in total. The number of nitrogens with zero attached hydrogens (tertiary/aromatic N) is 1. The Kier molecular flexibility index (Phi) is 5.02. The lowest BCUT2D eigenvalue weighted by Crippen LogP contribution is -2.48. The lowest BCUT2D eigenvalue weighted by atomic mass is 10.0. The zero-order chi connectivity index (χ0) is 14.7. The maximum Gasteiger partial charge on any atom is 0.225 e. The van der Waals surface area contributed by atoms with Crippen LogP contribution in [0.2, 0.25) is 0 Å². The van der Waals surface area contributed by atoms with Crippen LogP contribution in [0.15, 0.2) is 0 Å². The lowest BCUT2D eigenvalue weighted by Gasteiger charge is -2.34. The van der Waals surface area contributed by atoms with Crippen molar-refractivity contribution in [2.75, 3.05) is 13.1 Å². The number of piperidine rings is 1. The Hall–Kier alpha value is -1.10. The van der Waals surface area contributed by atoms with Crippen LogP contribution in [0.5, 0.6) is 0 Å². The molecule has 0 spiro atoms. The van der Waals surface area contributed by atoms with Gasteiger partial charge in [-0.1, -0.05) is 13.8 Å². The van der Waals surface area contributed by atoms with E-state index in [4.69, 9.17) is 5.73 Å². The smallest absolute Gasteiger partial charge is 0.225 e. The van der Waals surface area contributed by atoms with Gasteiger partial charge in [0.1, 0.15) is 0 Å². The SMILES string of the molecule is CC(C)C(=O)NC1CCN(C(=O)C2CCC(N)C2)CC1. The predicted molar refractivity (Wildman–Crippen MR) is 77.9 cm³/mol. The fraction of sp³-hybridized carbons (Fsp3) is 0.867. The van der Waals surface area contributed by atoms with E-state index in [1.807, 2.05) is 18.7 Å². The van der Waals surface area contributed by atoms with Gasteiger partial charge in [-0.2, -0.15) is 0 Å². The number of amides is 2. The third-order valence-electron chi connectivity index (χ3n) is 4.50. The number of carbonyl (C=O) groups excluding carboxylic acids is 2. The third kappa shape index (κ3) is 3.72. The van der Waals surface area contributed by atoms with Gasteiger partial charge in [0.25, 0.3) is 0 Å². The van der Waals surface area contributed by atoms with Crippen molar-refractivity contribution in [3.63, 3.8) is 0 Å². The fourth-order valence-corrected chi connectivity index (χ4v) is 3.11. The molecule has 2 fully saturated rings. The van der Waals surface area contributed by atoms with Crippen LogP contribution < -0.4 is 11.1 Å². The van der Waals surface area contributed by atoms with Crippen LogP contribution in [-0.2, 0) is 9.59 Å². The van der Waals surface area contributed by atoms with E-state index in [1.54, 1.807) is 0 Å². The fourth-order valence-electron chi connectivity index (χ4n) is 3.11. The van der Waals surface area contributed by atoms with Gasteiger partial charge in [-0.05, 0) is 32.1 Å². The van der Waals surface area contributed by atoms with Crippen LogP contribution in [0.4, 0.5) is 0 Å². The van der Waals surface area contributed by atoms with Crippen molar-refractivity contribution in [2.24, 2.45) is 17.6 Å². The molecule has 114 valence electrons. The Labute approximate surface area is 121 Å². The first-order valence-corrected chi connectivity index (χ1v) is 7.82. The van der Waals surface area contributed by atoms with Crippen LogP contribution >= 0.6 is 0 Å². The van der Waals surface area contributed by atoms with Gasteiger partial charge in [-0.15, -0.1) is 0 Å². The molecule has 0 radical (unpaired) electrons. The monoisotopic (exact) mass is 281 g/mol. The number of rotatable bonds is 3. The average molecular weight is 281 g/mol. The summed E-state index contributed by atoms with van der Waals surface area (Å²) < 4.78 is 0. The van der Waals surface area contributed by atoms with Gasteiger partial charge in [0.15, 0.2) is 0 Å². The normalized spacial score (nSPS) is 27.9. The maximum absolute atomic E-state index is 12.4. The topological polar surface area (TPSA) is 75.4 Å². The zero-order valence-corrected chi connectivity index (χ0v) is 12.6. The quantitative estimate of drug-likeness (QED) is 0.806. The Balaban J connectivity index is 1.76. The molecular formula is C15H27N3O2. The van der Waals surface area contributed by atoms with E-state index < -0.39 is 0 Å². The van der Waals surface area contributed by atoms with Crippen LogP contribution in [0.1, 0.15) is 46.0 Å². The van der Waals surface area contributed by atoms with E-state index >= 15 is 0 Å². The highest BCUT2D eigenvalue weighted by molar-refractivity contribution is 5.80. The molecule has 2 unspecified atom stereocenters. The second kappa shape index (κ2) is 6.57. The number of hydrogen-bond donors (Lipinski definition) is 2. The number of hydrogen-bond acceptors (Lipinski definition) is 3. The minimum Gasteiger partial charge on any atom is -0.353 e. The molecule has 5 heteroatoms. The van der Waals surface area contributed by atoms with Gasteiger partial charge in [0, 0.05) is 37.0 Å². The van der Waals surface area contributed by atoms with Gasteiger partial charge in [-0.3, -0.25) is 9.59 Å². The Morgan fingerprint density at radius 2 is 1.80 bits per heavy atom. The zero-order valence-electron chi connectivity index (χ0n) is 12.6. The number of nitrogens with two attached hydrogens (primary N) is 1. The van der Waals surface area contributed by atoms with Gasteiger partial charge in [-0.25, -0.2) is 0 Å². The molecule has 2 amide bonds. The van der Waals surface area contributed by atoms with E-state index in [0.29, 0.717) is 0 Å². The molecular weight excluding hydrogens is 254 g/mol. The molecule has 2 rings (SSSR count). The number of carbonyl (C=O) groups is 2. The molecule has 2 atom stereocenters. The van der Waals surface area contributed by atoms with Crippen molar-refractivity contribution >= 4 is 11.8 Å². The standard InChI is InChI=1S/C15H27N3O2/c1-10(2)14(19)17-13-5-7-18(8-6-13)15(20)11-3-4-12(16)9-11/h10-13H,3-9,16H2,1-2H3,(H,17,19). The van der Waals surface area contributed by atoms with E-state index in [0.717, 1.165) is 45.2 Å². The highest BCUT2D eigenvalue weighted by Crippen LogP contribution is 2.27. The first kappa shape index (κ1) is 15.3. The molecule has 0 aromatic rings. The number of likely N-dealkylation sites (tertiary alicyclic amines) is 1. The summed E-state index contributed by atoms with van der Waals surface area (Å²) in [5.74, 6) is 0.532. The Bertz CT molecular complexity index is 362. The number of nitrogens with one attached hydrogen (secondary N) is 1. The van der Waals surface area contributed by atoms with Crippen molar-refractivity contribution < 1.29 is 9.59 Å². The van der Waals surface area contributed by atoms with E-state index in [2.05, 4.69) is 5.32 Å². The minimum absolute atomic E-state index is 0.0228. The molecule has 20 heavy (non-hydrogen) atoms. The van der Waals surface area contributed by atoms with Crippen molar-refractivity contribution in [1.82, 2.24) is 10.2 Å². The maximum atomic E-state index is 12.4. The molecule has 0 bridgehead atoms. The highest BCUT2D eigenvalue weighted by Gasteiger charge is 2.33. The summed E-state index contributed by atoms with van der Waals surface area (Å²) in [7, 11) is 0. The van der Waals surface area contributed by atoms with E-state index in [1.165, 1.54) is 0 Å². The second-order valence-electron chi connectivity index (χ2n) is 6.53. The van der Waals surface area contributed by atoms with E-state index in [9.17, 15) is 9.59 Å². The third-order valence-corrected chi connectivity index (χ3v) is 4.50. The summed E-state index contributed by atoms with van der Waals surface area (Å²) >= 11 is 0. The minimum atomic E-state index is 0.0228. The van der Waals surface area contributed by atoms with Crippen LogP contribution in [-0.4, -0.2) is 41.9 Å². The molecule has 2 aliphatic rings. The summed E-state index contributed by atoms with van der Waals surface area (Å²) in [6.45, 7) is 5.32. The average Bonchev–Trinajstić information content (AvgIpc) is 2.85. The predicted octanol–water partition coefficient (Wildman–Crippen LogP) is 0.877. The summed E-state index contributed by atoms with van der Waals surface area (Å²) in [4.78, 5) is 26.0. The molecule has 1 heterocycles. The highest BCUT2D eigenvalue weighted by atomic mass is 16.2. The summed E-state index contributed by atoms with van der Waals surface area (Å²) in [6.07, 6.45) is 4.47. The molecule has 1 aliphatic carbocycles. The van der Waals surface area contributed by atoms with Crippen molar-refractivity contribution in [3.8, 4) is 0 Å². The molecule has 0 aromatic carbocycles. The molecule has 1 saturated carbocycles.